The molecule has 13 nitrogen and oxygen atoms in total. The van der Waals surface area contributed by atoms with Crippen LogP contribution < -0.4 is 10.6 Å². The first-order valence-corrected chi connectivity index (χ1v) is 15.0. The van der Waals surface area contributed by atoms with E-state index in [1.54, 1.807) is 12.4 Å². The van der Waals surface area contributed by atoms with Crippen LogP contribution in [0.25, 0.3) is 0 Å². The number of carboxylic acid groups (broad SMARTS) is 2. The summed E-state index contributed by atoms with van der Waals surface area (Å²) in [6.07, 6.45) is 10.8. The molecule has 4 N–H and O–H groups in total. The van der Waals surface area contributed by atoms with E-state index in [0.717, 1.165) is 0 Å². The average Bonchev–Trinajstić information content (AvgIpc) is 2.94. The first kappa shape index (κ1) is 31.9. The number of amides is 2. The third-order valence-electron chi connectivity index (χ3n) is 6.48. The van der Waals surface area contributed by atoms with Gasteiger partial charge in [-0.2, -0.15) is 0 Å². The molecule has 6 unspecified atom stereocenters. The van der Waals surface area contributed by atoms with Crippen LogP contribution in [0.3, 0.4) is 0 Å². The van der Waals surface area contributed by atoms with Crippen molar-refractivity contribution in [3.63, 3.8) is 0 Å². The number of carbonyl (C=O) groups excluding carboxylic acids is 3. The van der Waals surface area contributed by atoms with Crippen molar-refractivity contribution in [3.05, 3.63) is 48.6 Å². The molecule has 1 saturated carbocycles. The number of aliphatic carboxylic acids is 2. The number of nitrogens with one attached hydrogen (secondary N) is 2. The maximum absolute atomic E-state index is 14.2. The summed E-state index contributed by atoms with van der Waals surface area (Å²) in [5.41, 5.74) is 1.03. The van der Waals surface area contributed by atoms with Gasteiger partial charge in [0, 0.05) is 74.4 Å². The molecule has 2 aromatic rings. The summed E-state index contributed by atoms with van der Waals surface area (Å²) in [4.78, 5) is 77.9. The Balaban J connectivity index is 1.90. The minimum Gasteiger partial charge on any atom is -0.480 e. The van der Waals surface area contributed by atoms with Gasteiger partial charge in [0.15, 0.2) is 0 Å². The normalized spacial score (nSPS) is 19.8. The van der Waals surface area contributed by atoms with Gasteiger partial charge in [0.1, 0.15) is 17.9 Å². The van der Waals surface area contributed by atoms with E-state index in [9.17, 15) is 34.2 Å². The van der Waals surface area contributed by atoms with Crippen molar-refractivity contribution in [1.82, 2.24) is 30.6 Å². The van der Waals surface area contributed by atoms with Gasteiger partial charge < -0.3 is 20.8 Å². The van der Waals surface area contributed by atoms with Crippen LogP contribution in [0.5, 0.6) is 0 Å². The monoisotopic (exact) mass is 604 g/mol. The van der Waals surface area contributed by atoms with E-state index in [0.29, 0.717) is 30.7 Å². The van der Waals surface area contributed by atoms with Crippen LogP contribution in [0, 0.1) is 11.8 Å². The van der Waals surface area contributed by atoms with Gasteiger partial charge in [-0.15, -0.1) is 23.5 Å². The molecule has 15 heteroatoms. The topological polar surface area (TPSA) is 201 Å². The molecule has 3 rings (SSSR count). The third kappa shape index (κ3) is 9.21. The molecule has 41 heavy (non-hydrogen) atoms. The highest BCUT2D eigenvalue weighted by molar-refractivity contribution is 7.99. The molecule has 0 spiro atoms. The summed E-state index contributed by atoms with van der Waals surface area (Å²) in [6, 6.07) is -2.31. The molecule has 2 aromatic heterocycles. The van der Waals surface area contributed by atoms with Crippen molar-refractivity contribution in [2.45, 2.75) is 55.7 Å². The van der Waals surface area contributed by atoms with E-state index in [1.807, 2.05) is 0 Å². The lowest BCUT2D eigenvalue weighted by Crippen LogP contribution is -2.42. The molecule has 2 heterocycles. The van der Waals surface area contributed by atoms with E-state index in [2.05, 4.69) is 30.6 Å². The van der Waals surface area contributed by atoms with Crippen molar-refractivity contribution >= 4 is 53.1 Å². The maximum Gasteiger partial charge on any atom is 0.327 e. The molecule has 1 aliphatic carbocycles. The minimum atomic E-state index is -1.19. The van der Waals surface area contributed by atoms with Crippen LogP contribution in [-0.4, -0.2) is 83.3 Å². The highest BCUT2D eigenvalue weighted by Crippen LogP contribution is 2.48. The quantitative estimate of drug-likeness (QED) is 0.243. The van der Waals surface area contributed by atoms with Gasteiger partial charge in [0.25, 0.3) is 0 Å². The Morgan fingerprint density at radius 3 is 1.54 bits per heavy atom. The molecule has 220 valence electrons. The summed E-state index contributed by atoms with van der Waals surface area (Å²) in [5, 5.41) is 23.0. The molecule has 6 atom stereocenters. The zero-order valence-electron chi connectivity index (χ0n) is 22.5. The minimum absolute atomic E-state index is 0.00392. The van der Waals surface area contributed by atoms with Crippen LogP contribution in [0.4, 0.5) is 0 Å². The maximum atomic E-state index is 14.2. The molecule has 0 aromatic carbocycles. The number of aromatic nitrogens is 4. The second-order valence-electron chi connectivity index (χ2n) is 9.50. The fraction of sp³-hybridized carbons (Fsp3) is 0.500. The Hall–Kier alpha value is -3.59. The standard InChI is InChI=1S/C26H32N6O7S2/c1-14(33)31-20(25(36)37)12-40-23(18-10-27-6-8-29-18)16-4-3-5-17(22(16)35)24(19-11-28-7-9-30-19)41-13-21(26(38)39)32-15(2)34/h6-11,16-17,20-21,23-24H,3-5,12-13H2,1-2H3,(H,31,33)(H,32,34)(H,36,37)(H,38,39). The van der Waals surface area contributed by atoms with Gasteiger partial charge in [0.2, 0.25) is 11.8 Å². The summed E-state index contributed by atoms with van der Waals surface area (Å²) < 4.78 is 0. The molecule has 0 radical (unpaired) electrons. The zero-order valence-corrected chi connectivity index (χ0v) is 24.1. The van der Waals surface area contributed by atoms with Crippen molar-refractivity contribution < 1.29 is 34.2 Å². The number of carbonyl (C=O) groups is 5. The van der Waals surface area contributed by atoms with Crippen LogP contribution in [0.15, 0.2) is 37.2 Å². The van der Waals surface area contributed by atoms with Crippen molar-refractivity contribution in [2.75, 3.05) is 11.5 Å². The van der Waals surface area contributed by atoms with Gasteiger partial charge in [-0.25, -0.2) is 9.59 Å². The van der Waals surface area contributed by atoms with Crippen molar-refractivity contribution in [2.24, 2.45) is 11.8 Å². The zero-order chi connectivity index (χ0) is 29.9. The second-order valence-corrected chi connectivity index (χ2v) is 11.8. The lowest BCUT2D eigenvalue weighted by atomic mass is 9.76. The lowest BCUT2D eigenvalue weighted by Gasteiger charge is -2.36. The summed E-state index contributed by atoms with van der Waals surface area (Å²) in [5.74, 6) is -4.51. The number of ketones is 1. The molecule has 2 amide bonds. The summed E-state index contributed by atoms with van der Waals surface area (Å²) >= 11 is 2.45. The number of hydrogen-bond donors (Lipinski definition) is 4. The third-order valence-corrected chi connectivity index (χ3v) is 9.39. The second kappa shape index (κ2) is 15.4. The van der Waals surface area contributed by atoms with Gasteiger partial charge in [-0.1, -0.05) is 6.42 Å². The lowest BCUT2D eigenvalue weighted by molar-refractivity contribution is -0.141. The first-order valence-electron chi connectivity index (χ1n) is 12.9. The molecular weight excluding hydrogens is 572 g/mol. The molecule has 0 bridgehead atoms. The van der Waals surface area contributed by atoms with E-state index in [1.165, 1.54) is 62.2 Å². The van der Waals surface area contributed by atoms with E-state index in [4.69, 9.17) is 0 Å². The molecule has 1 aliphatic rings. The van der Waals surface area contributed by atoms with E-state index < -0.39 is 58.2 Å². The van der Waals surface area contributed by atoms with Crippen LogP contribution in [0.1, 0.15) is 55.0 Å². The van der Waals surface area contributed by atoms with Gasteiger partial charge >= 0.3 is 11.9 Å². The first-order chi connectivity index (χ1) is 19.6. The fourth-order valence-corrected chi connectivity index (χ4v) is 7.53. The van der Waals surface area contributed by atoms with Crippen LogP contribution in [-0.2, 0) is 24.0 Å². The molecular formula is C26H32N6O7S2. The number of carboxylic acids is 2. The van der Waals surface area contributed by atoms with Gasteiger partial charge in [0.05, 0.1) is 21.9 Å². The van der Waals surface area contributed by atoms with Crippen molar-refractivity contribution in [3.8, 4) is 0 Å². The molecule has 0 aliphatic heterocycles. The van der Waals surface area contributed by atoms with Crippen LogP contribution in [0.2, 0.25) is 0 Å². The average molecular weight is 605 g/mol. The molecule has 1 fully saturated rings. The predicted molar refractivity (Wildman–Crippen MR) is 151 cm³/mol. The highest BCUT2D eigenvalue weighted by atomic mass is 32.2. The largest absolute Gasteiger partial charge is 0.480 e. The van der Waals surface area contributed by atoms with E-state index in [-0.39, 0.29) is 17.3 Å². The number of nitrogens with zero attached hydrogens (tertiary/aromatic N) is 4. The van der Waals surface area contributed by atoms with Gasteiger partial charge in [-0.05, 0) is 12.8 Å². The number of rotatable bonds is 14. The number of hydrogen-bond acceptors (Lipinski definition) is 11. The fourth-order valence-electron chi connectivity index (χ4n) is 4.69. The Bertz CT molecular complexity index is 1130. The van der Waals surface area contributed by atoms with Gasteiger partial charge in [-0.3, -0.25) is 34.3 Å². The Morgan fingerprint density at radius 1 is 0.805 bits per heavy atom. The Morgan fingerprint density at radius 2 is 1.22 bits per heavy atom. The Kier molecular flexibility index (Phi) is 12.0. The van der Waals surface area contributed by atoms with Crippen LogP contribution >= 0.6 is 23.5 Å². The number of thioether (sulfide) groups is 2. The van der Waals surface area contributed by atoms with E-state index >= 15 is 0 Å². The number of Topliss-reactive ketones (excluding diaryl/α,β-unsaturated/α-hetero) is 1. The SMILES string of the molecule is CC(=O)NC(CSC(c1cnccn1)C1CCCC(C(SCC(NC(C)=O)C(=O)O)c2cnccn2)C1=O)C(=O)O. The van der Waals surface area contributed by atoms with Crippen molar-refractivity contribution in [1.29, 1.82) is 0 Å². The molecule has 0 saturated heterocycles. The highest BCUT2D eigenvalue weighted by Gasteiger charge is 2.43. The summed E-state index contributed by atoms with van der Waals surface area (Å²) in [7, 11) is 0. The summed E-state index contributed by atoms with van der Waals surface area (Å²) in [6.45, 7) is 2.47. The smallest absolute Gasteiger partial charge is 0.327 e. The Labute approximate surface area is 245 Å². The predicted octanol–water partition coefficient (Wildman–Crippen LogP) is 1.68.